The van der Waals surface area contributed by atoms with Gasteiger partial charge in [0.2, 0.25) is 0 Å². The molecule has 1 aromatic heterocycles. The van der Waals surface area contributed by atoms with Crippen molar-refractivity contribution < 1.29 is 18.7 Å². The molecule has 2 aliphatic heterocycles. The van der Waals surface area contributed by atoms with Gasteiger partial charge in [0, 0.05) is 44.3 Å². The lowest BCUT2D eigenvalue weighted by atomic mass is 10.1. The van der Waals surface area contributed by atoms with Crippen LogP contribution in [0.15, 0.2) is 6.07 Å². The fourth-order valence-corrected chi connectivity index (χ4v) is 3.76. The van der Waals surface area contributed by atoms with Crippen molar-refractivity contribution in [1.82, 2.24) is 14.8 Å². The van der Waals surface area contributed by atoms with E-state index in [-0.39, 0.29) is 23.1 Å². The van der Waals surface area contributed by atoms with Gasteiger partial charge in [-0.05, 0) is 39.7 Å². The highest BCUT2D eigenvalue weighted by Gasteiger charge is 2.28. The van der Waals surface area contributed by atoms with E-state index < -0.39 is 11.4 Å². The molecule has 7 nitrogen and oxygen atoms in total. The second-order valence-corrected chi connectivity index (χ2v) is 8.95. The average molecular weight is 429 g/mol. The summed E-state index contributed by atoms with van der Waals surface area (Å²) in [6, 6.07) is 1.46. The van der Waals surface area contributed by atoms with Gasteiger partial charge in [0.15, 0.2) is 11.6 Å². The van der Waals surface area contributed by atoms with E-state index in [1.165, 1.54) is 0 Å². The number of amides is 1. The summed E-state index contributed by atoms with van der Waals surface area (Å²) in [5.41, 5.74) is -0.0406. The lowest BCUT2D eigenvalue weighted by molar-refractivity contribution is 0.0206. The number of hydrogen-bond acceptors (Lipinski definition) is 6. The van der Waals surface area contributed by atoms with Crippen molar-refractivity contribution in [2.75, 3.05) is 44.7 Å². The maximum absolute atomic E-state index is 15.1. The zero-order valence-electron chi connectivity index (χ0n) is 17.3. The first-order valence-electron chi connectivity index (χ1n) is 10.1. The highest BCUT2D eigenvalue weighted by Crippen LogP contribution is 2.25. The Bertz CT molecular complexity index is 722. The number of hydrogen-bond donors (Lipinski definition) is 1. The second-order valence-electron chi connectivity index (χ2n) is 8.57. The van der Waals surface area contributed by atoms with Crippen LogP contribution in [-0.4, -0.2) is 71.9 Å². The fourth-order valence-electron chi connectivity index (χ4n) is 3.54. The number of anilines is 1. The van der Waals surface area contributed by atoms with E-state index in [9.17, 15) is 4.79 Å². The van der Waals surface area contributed by atoms with Crippen LogP contribution in [0.2, 0.25) is 5.15 Å². The number of ether oxygens (including phenoxy) is 2. The lowest BCUT2D eigenvalue weighted by Gasteiger charge is -2.34. The number of morpholine rings is 1. The molecule has 0 saturated carbocycles. The quantitative estimate of drug-likeness (QED) is 0.740. The van der Waals surface area contributed by atoms with Crippen molar-refractivity contribution in [2.45, 2.75) is 51.8 Å². The zero-order chi connectivity index (χ0) is 21.0. The number of aromatic nitrogens is 1. The Labute approximate surface area is 176 Å². The molecule has 0 radical (unpaired) electrons. The molecule has 0 aliphatic carbocycles. The highest BCUT2D eigenvalue weighted by molar-refractivity contribution is 6.29. The van der Waals surface area contributed by atoms with Crippen LogP contribution < -0.4 is 5.32 Å². The predicted octanol–water partition coefficient (Wildman–Crippen LogP) is 3.52. The lowest BCUT2D eigenvalue weighted by Crippen LogP contribution is -2.47. The topological polar surface area (TPSA) is 66.9 Å². The van der Waals surface area contributed by atoms with E-state index >= 15 is 4.39 Å². The fraction of sp³-hybridized carbons (Fsp3) is 0.700. The van der Waals surface area contributed by atoms with E-state index in [0.29, 0.717) is 38.4 Å². The number of nitrogens with one attached hydrogen (secondary N) is 1. The third-order valence-electron chi connectivity index (χ3n) is 4.91. The van der Waals surface area contributed by atoms with Gasteiger partial charge in [-0.15, -0.1) is 0 Å². The summed E-state index contributed by atoms with van der Waals surface area (Å²) in [5, 5.41) is 3.40. The van der Waals surface area contributed by atoms with Crippen molar-refractivity contribution in [1.29, 1.82) is 0 Å². The Morgan fingerprint density at radius 1 is 1.38 bits per heavy atom. The molecule has 1 aromatic rings. The average Bonchev–Trinajstić information content (AvgIpc) is 2.65. The molecule has 1 amide bonds. The van der Waals surface area contributed by atoms with Crippen LogP contribution in [0.3, 0.4) is 0 Å². The van der Waals surface area contributed by atoms with Crippen LogP contribution in [0.1, 0.15) is 39.2 Å². The van der Waals surface area contributed by atoms with Crippen LogP contribution in [0.25, 0.3) is 0 Å². The Kier molecular flexibility index (Phi) is 7.19. The Hall–Kier alpha value is -1.64. The largest absolute Gasteiger partial charge is 0.444 e. The molecule has 0 bridgehead atoms. The van der Waals surface area contributed by atoms with Crippen molar-refractivity contribution in [3.8, 4) is 0 Å². The van der Waals surface area contributed by atoms with Gasteiger partial charge < -0.3 is 19.7 Å². The Morgan fingerprint density at radius 3 is 2.79 bits per heavy atom. The number of nitrogens with zero attached hydrogens (tertiary/aromatic N) is 3. The van der Waals surface area contributed by atoms with Gasteiger partial charge in [-0.2, -0.15) is 0 Å². The molecule has 0 spiro atoms. The molecule has 2 saturated heterocycles. The first-order chi connectivity index (χ1) is 13.7. The molecule has 3 heterocycles. The van der Waals surface area contributed by atoms with Gasteiger partial charge in [-0.3, -0.25) is 4.90 Å². The molecule has 3 rings (SSSR count). The molecule has 1 atom stereocenters. The molecule has 1 N–H and O–H groups in total. The molecular weight excluding hydrogens is 399 g/mol. The summed E-state index contributed by atoms with van der Waals surface area (Å²) in [7, 11) is 0. The van der Waals surface area contributed by atoms with E-state index in [1.807, 2.05) is 20.8 Å². The van der Waals surface area contributed by atoms with Gasteiger partial charge in [0.25, 0.3) is 0 Å². The van der Waals surface area contributed by atoms with Crippen molar-refractivity contribution in [3.05, 3.63) is 22.6 Å². The van der Waals surface area contributed by atoms with Crippen LogP contribution in [-0.2, 0) is 16.0 Å². The third kappa shape index (κ3) is 6.42. The molecular formula is C20H30ClFN4O3. The van der Waals surface area contributed by atoms with Crippen molar-refractivity contribution in [3.63, 3.8) is 0 Å². The van der Waals surface area contributed by atoms with Gasteiger partial charge in [-0.25, -0.2) is 14.2 Å². The minimum Gasteiger partial charge on any atom is -0.444 e. The summed E-state index contributed by atoms with van der Waals surface area (Å²) in [6.07, 6.45) is 1.27. The Morgan fingerprint density at radius 2 is 2.10 bits per heavy atom. The van der Waals surface area contributed by atoms with Crippen molar-refractivity contribution >= 4 is 23.5 Å². The maximum Gasteiger partial charge on any atom is 0.410 e. The first kappa shape index (κ1) is 22.1. The van der Waals surface area contributed by atoms with E-state index in [4.69, 9.17) is 21.1 Å². The molecule has 0 aromatic carbocycles. The second kappa shape index (κ2) is 9.45. The number of pyridine rings is 1. The summed E-state index contributed by atoms with van der Waals surface area (Å²) in [6.45, 7) is 9.85. The summed E-state index contributed by atoms with van der Waals surface area (Å²) in [5.74, 6) is -0.257. The Balaban J connectivity index is 1.66. The van der Waals surface area contributed by atoms with E-state index in [2.05, 4.69) is 15.2 Å². The molecule has 162 valence electrons. The first-order valence-corrected chi connectivity index (χ1v) is 10.5. The highest BCUT2D eigenvalue weighted by atomic mass is 35.5. The van der Waals surface area contributed by atoms with Crippen LogP contribution >= 0.6 is 11.6 Å². The number of halogens is 2. The summed E-state index contributed by atoms with van der Waals surface area (Å²) < 4.78 is 25.9. The number of piperidine rings is 1. The zero-order valence-corrected chi connectivity index (χ0v) is 18.1. The third-order valence-corrected chi connectivity index (χ3v) is 5.11. The van der Waals surface area contributed by atoms with Crippen LogP contribution in [0.5, 0.6) is 0 Å². The SMILES string of the molecule is CC(C)(C)OC(=O)N1CCCC(Nc2nc(Cl)cc(CN3CCOCC3)c2F)C1. The summed E-state index contributed by atoms with van der Waals surface area (Å²) in [4.78, 5) is 20.3. The number of likely N-dealkylation sites (tertiary alicyclic amines) is 1. The smallest absolute Gasteiger partial charge is 0.410 e. The monoisotopic (exact) mass is 428 g/mol. The van der Waals surface area contributed by atoms with Gasteiger partial charge >= 0.3 is 6.09 Å². The predicted molar refractivity (Wildman–Crippen MR) is 110 cm³/mol. The normalized spacial score (nSPS) is 21.1. The van der Waals surface area contributed by atoms with Crippen molar-refractivity contribution in [2.24, 2.45) is 0 Å². The number of carbonyl (C=O) groups excluding carboxylic acids is 1. The maximum atomic E-state index is 15.1. The van der Waals surface area contributed by atoms with Gasteiger partial charge in [-0.1, -0.05) is 11.6 Å². The molecule has 2 fully saturated rings. The molecule has 2 aliphatic rings. The minimum atomic E-state index is -0.549. The minimum absolute atomic E-state index is 0.118. The van der Waals surface area contributed by atoms with Crippen LogP contribution in [0.4, 0.5) is 15.0 Å². The molecule has 1 unspecified atom stereocenters. The number of rotatable bonds is 4. The molecule has 9 heteroatoms. The van der Waals surface area contributed by atoms with E-state index in [1.54, 1.807) is 11.0 Å². The number of carbonyl (C=O) groups is 1. The standard InChI is InChI=1S/C20H30ClFN4O3/c1-20(2,3)29-19(27)26-6-4-5-15(13-26)23-18-17(22)14(11-16(21)24-18)12-25-7-9-28-10-8-25/h11,15H,4-10,12-13H2,1-3H3,(H,23,24). The molecule has 29 heavy (non-hydrogen) atoms. The van der Waals surface area contributed by atoms with E-state index in [0.717, 1.165) is 25.9 Å². The van der Waals surface area contributed by atoms with Gasteiger partial charge in [0.05, 0.1) is 13.2 Å². The van der Waals surface area contributed by atoms with Gasteiger partial charge in [0.1, 0.15) is 10.8 Å². The van der Waals surface area contributed by atoms with Crippen LogP contribution in [0, 0.1) is 5.82 Å². The summed E-state index contributed by atoms with van der Waals surface area (Å²) >= 11 is 6.16.